The largest absolute Gasteiger partial charge is 0.457 e. The number of rotatable bonds is 3. The van der Waals surface area contributed by atoms with E-state index in [1.807, 2.05) is 20.8 Å². The molecule has 0 radical (unpaired) electrons. The number of carbonyl (C=O) groups is 1. The van der Waals surface area contributed by atoms with Crippen molar-refractivity contribution in [3.8, 4) is 0 Å². The lowest BCUT2D eigenvalue weighted by molar-refractivity contribution is 0.160. The van der Waals surface area contributed by atoms with Crippen LogP contribution in [0.1, 0.15) is 18.9 Å². The van der Waals surface area contributed by atoms with Crippen molar-refractivity contribution in [3.05, 3.63) is 5.01 Å². The molecule has 6 heteroatoms. The van der Waals surface area contributed by atoms with Crippen LogP contribution in [0, 0.1) is 12.8 Å². The molecule has 0 aromatic carbocycles. The Balaban J connectivity index is 2.34. The van der Waals surface area contributed by atoms with Crippen molar-refractivity contribution in [1.29, 1.82) is 0 Å². The normalized spacial score (nSPS) is 10.6. The number of nitrogens with zero attached hydrogens (tertiary/aromatic N) is 2. The third-order valence-electron chi connectivity index (χ3n) is 1.21. The SMILES string of the molecule is Cc1nnc(SC(=O)OCC(C)C)s1. The lowest BCUT2D eigenvalue weighted by atomic mass is 10.2. The topological polar surface area (TPSA) is 52.1 Å². The summed E-state index contributed by atoms with van der Waals surface area (Å²) in [5.41, 5.74) is 0. The maximum absolute atomic E-state index is 11.2. The molecule has 0 saturated carbocycles. The quantitative estimate of drug-likeness (QED) is 0.592. The van der Waals surface area contributed by atoms with Gasteiger partial charge in [0.2, 0.25) is 0 Å². The van der Waals surface area contributed by atoms with Gasteiger partial charge in [0.15, 0.2) is 4.34 Å². The molecule has 0 N–H and O–H groups in total. The highest BCUT2D eigenvalue weighted by atomic mass is 32.2. The Kier molecular flexibility index (Phi) is 4.34. The van der Waals surface area contributed by atoms with E-state index < -0.39 is 0 Å². The van der Waals surface area contributed by atoms with Crippen molar-refractivity contribution in [1.82, 2.24) is 10.2 Å². The molecule has 14 heavy (non-hydrogen) atoms. The summed E-state index contributed by atoms with van der Waals surface area (Å²) in [7, 11) is 0. The first-order valence-electron chi connectivity index (χ1n) is 4.22. The lowest BCUT2D eigenvalue weighted by Crippen LogP contribution is -2.04. The fraction of sp³-hybridized carbons (Fsp3) is 0.625. The summed E-state index contributed by atoms with van der Waals surface area (Å²) < 4.78 is 5.61. The minimum Gasteiger partial charge on any atom is -0.457 e. The molecule has 0 bridgehead atoms. The number of carbonyl (C=O) groups excluding carboxylic acids is 1. The zero-order chi connectivity index (χ0) is 10.6. The highest BCUT2D eigenvalue weighted by molar-refractivity contribution is 8.14. The van der Waals surface area contributed by atoms with Crippen molar-refractivity contribution in [3.63, 3.8) is 0 Å². The van der Waals surface area contributed by atoms with Crippen molar-refractivity contribution in [2.45, 2.75) is 25.1 Å². The van der Waals surface area contributed by atoms with Gasteiger partial charge >= 0.3 is 5.30 Å². The minimum atomic E-state index is -0.310. The maximum atomic E-state index is 11.2. The van der Waals surface area contributed by atoms with E-state index in [0.29, 0.717) is 16.9 Å². The van der Waals surface area contributed by atoms with Gasteiger partial charge in [0.05, 0.1) is 6.61 Å². The van der Waals surface area contributed by atoms with E-state index in [0.717, 1.165) is 16.8 Å². The van der Waals surface area contributed by atoms with Crippen molar-refractivity contribution in [2.24, 2.45) is 5.92 Å². The molecule has 1 aromatic heterocycles. The van der Waals surface area contributed by atoms with E-state index in [-0.39, 0.29) is 5.30 Å². The van der Waals surface area contributed by atoms with E-state index in [2.05, 4.69) is 10.2 Å². The third kappa shape index (κ3) is 4.06. The molecular weight excluding hydrogens is 220 g/mol. The van der Waals surface area contributed by atoms with Crippen LogP contribution in [0.15, 0.2) is 4.34 Å². The summed E-state index contributed by atoms with van der Waals surface area (Å²) in [5.74, 6) is 0.357. The molecule has 1 aromatic rings. The van der Waals surface area contributed by atoms with Gasteiger partial charge in [-0.05, 0) is 12.8 Å². The number of hydrogen-bond acceptors (Lipinski definition) is 6. The number of ether oxygens (including phenoxy) is 1. The average molecular weight is 232 g/mol. The molecule has 0 unspecified atom stereocenters. The summed E-state index contributed by atoms with van der Waals surface area (Å²) in [6.45, 7) is 6.28. The third-order valence-corrected chi connectivity index (χ3v) is 2.89. The van der Waals surface area contributed by atoms with Gasteiger partial charge in [0.25, 0.3) is 0 Å². The van der Waals surface area contributed by atoms with Crippen LogP contribution in [0.25, 0.3) is 0 Å². The van der Waals surface area contributed by atoms with Gasteiger partial charge < -0.3 is 4.74 Å². The molecule has 0 amide bonds. The highest BCUT2D eigenvalue weighted by Gasteiger charge is 2.10. The molecule has 0 atom stereocenters. The van der Waals surface area contributed by atoms with Crippen LogP contribution in [0.2, 0.25) is 0 Å². The van der Waals surface area contributed by atoms with Gasteiger partial charge in [-0.2, -0.15) is 0 Å². The second-order valence-electron chi connectivity index (χ2n) is 3.14. The Morgan fingerprint density at radius 2 is 2.29 bits per heavy atom. The smallest absolute Gasteiger partial charge is 0.374 e. The predicted molar refractivity (Wildman–Crippen MR) is 56.7 cm³/mol. The molecule has 1 rings (SSSR count). The average Bonchev–Trinajstić information content (AvgIpc) is 2.48. The number of hydrogen-bond donors (Lipinski definition) is 0. The molecule has 0 aliphatic rings. The van der Waals surface area contributed by atoms with E-state index >= 15 is 0 Å². The fourth-order valence-electron chi connectivity index (χ4n) is 0.655. The van der Waals surface area contributed by atoms with Crippen LogP contribution in [-0.2, 0) is 4.74 Å². The summed E-state index contributed by atoms with van der Waals surface area (Å²) >= 11 is 2.38. The molecule has 0 spiro atoms. The van der Waals surface area contributed by atoms with Crippen LogP contribution in [0.5, 0.6) is 0 Å². The first kappa shape index (κ1) is 11.5. The Bertz CT molecular complexity index is 312. The van der Waals surface area contributed by atoms with Gasteiger partial charge in [0, 0.05) is 11.8 Å². The van der Waals surface area contributed by atoms with Gasteiger partial charge in [0.1, 0.15) is 5.01 Å². The molecule has 1 heterocycles. The number of thioether (sulfide) groups is 1. The first-order valence-corrected chi connectivity index (χ1v) is 5.86. The van der Waals surface area contributed by atoms with E-state index in [1.54, 1.807) is 0 Å². The molecule has 0 saturated heterocycles. The van der Waals surface area contributed by atoms with Gasteiger partial charge in [-0.1, -0.05) is 25.2 Å². The van der Waals surface area contributed by atoms with Crippen LogP contribution < -0.4 is 0 Å². The fourth-order valence-corrected chi connectivity index (χ4v) is 2.15. The Morgan fingerprint density at radius 1 is 1.57 bits per heavy atom. The van der Waals surface area contributed by atoms with E-state index in [9.17, 15) is 4.79 Å². The zero-order valence-corrected chi connectivity index (χ0v) is 9.94. The second-order valence-corrected chi connectivity index (χ2v) is 5.51. The van der Waals surface area contributed by atoms with Gasteiger partial charge in [-0.25, -0.2) is 4.79 Å². The first-order chi connectivity index (χ1) is 6.58. The van der Waals surface area contributed by atoms with E-state index in [4.69, 9.17) is 4.74 Å². The zero-order valence-electron chi connectivity index (χ0n) is 8.31. The number of aromatic nitrogens is 2. The summed E-state index contributed by atoms with van der Waals surface area (Å²) in [6, 6.07) is 0. The van der Waals surface area contributed by atoms with Crippen molar-refractivity contribution < 1.29 is 9.53 Å². The molecular formula is C8H12N2O2S2. The van der Waals surface area contributed by atoms with Crippen LogP contribution in [0.4, 0.5) is 4.79 Å². The Hall–Kier alpha value is -0.620. The summed E-state index contributed by atoms with van der Waals surface area (Å²) in [6.07, 6.45) is 0. The lowest BCUT2D eigenvalue weighted by Gasteiger charge is -2.04. The Morgan fingerprint density at radius 3 is 2.79 bits per heavy atom. The van der Waals surface area contributed by atoms with Crippen molar-refractivity contribution >= 4 is 28.4 Å². The molecule has 78 valence electrons. The number of aryl methyl sites for hydroxylation is 1. The summed E-state index contributed by atoms with van der Waals surface area (Å²) in [5, 5.41) is 8.16. The molecule has 0 aliphatic carbocycles. The molecule has 4 nitrogen and oxygen atoms in total. The van der Waals surface area contributed by atoms with Crippen molar-refractivity contribution in [2.75, 3.05) is 6.61 Å². The highest BCUT2D eigenvalue weighted by Crippen LogP contribution is 2.23. The molecule has 0 aliphatic heterocycles. The monoisotopic (exact) mass is 232 g/mol. The van der Waals surface area contributed by atoms with Crippen LogP contribution in [0.3, 0.4) is 0 Å². The standard InChI is InChI=1S/C8H12N2O2S2/c1-5(2)4-12-8(11)14-7-10-9-6(3)13-7/h5H,4H2,1-3H3. The van der Waals surface area contributed by atoms with Crippen LogP contribution in [-0.4, -0.2) is 22.1 Å². The Labute approximate surface area is 91.1 Å². The van der Waals surface area contributed by atoms with Crippen LogP contribution >= 0.6 is 23.1 Å². The minimum absolute atomic E-state index is 0.310. The van der Waals surface area contributed by atoms with E-state index in [1.165, 1.54) is 11.3 Å². The van der Waals surface area contributed by atoms with Gasteiger partial charge in [-0.3, -0.25) is 0 Å². The predicted octanol–water partition coefficient (Wildman–Crippen LogP) is 2.73. The second kappa shape index (κ2) is 5.31. The summed E-state index contributed by atoms with van der Waals surface area (Å²) in [4.78, 5) is 11.2. The van der Waals surface area contributed by atoms with Gasteiger partial charge in [-0.15, -0.1) is 10.2 Å². The molecule has 0 fully saturated rings. The maximum Gasteiger partial charge on any atom is 0.374 e.